The number of ketones is 1. The van der Waals surface area contributed by atoms with Crippen molar-refractivity contribution in [3.63, 3.8) is 0 Å². The second-order valence-electron chi connectivity index (χ2n) is 5.44. The van der Waals surface area contributed by atoms with E-state index in [4.69, 9.17) is 9.47 Å². The number of carbonyl (C=O) groups is 1. The molecular formula is C18H18O4. The highest BCUT2D eigenvalue weighted by Gasteiger charge is 2.33. The van der Waals surface area contributed by atoms with Gasteiger partial charge in [0.25, 0.3) is 0 Å². The van der Waals surface area contributed by atoms with Crippen molar-refractivity contribution >= 4 is 5.78 Å². The van der Waals surface area contributed by atoms with E-state index in [9.17, 15) is 9.90 Å². The van der Waals surface area contributed by atoms with Gasteiger partial charge in [-0.3, -0.25) is 4.79 Å². The predicted octanol–water partition coefficient (Wildman–Crippen LogP) is 2.97. The van der Waals surface area contributed by atoms with Crippen LogP contribution in [0.4, 0.5) is 0 Å². The zero-order chi connectivity index (χ0) is 15.5. The molecule has 4 nitrogen and oxygen atoms in total. The molecule has 0 spiro atoms. The number of Topliss-reactive ketones (excluding diaryl/α,β-unsaturated/α-hetero) is 1. The molecule has 0 aromatic heterocycles. The summed E-state index contributed by atoms with van der Waals surface area (Å²) in [6.07, 6.45) is 1.24. The minimum Gasteiger partial charge on any atom is -0.507 e. The first-order valence-corrected chi connectivity index (χ1v) is 7.25. The van der Waals surface area contributed by atoms with Gasteiger partial charge < -0.3 is 14.6 Å². The molecule has 2 aromatic carbocycles. The van der Waals surface area contributed by atoms with Crippen molar-refractivity contribution in [2.24, 2.45) is 5.92 Å². The van der Waals surface area contributed by atoms with Gasteiger partial charge in [0.2, 0.25) is 0 Å². The number of methoxy groups -OCH3 is 1. The first-order chi connectivity index (χ1) is 10.7. The topological polar surface area (TPSA) is 55.8 Å². The molecule has 0 heterocycles. The van der Waals surface area contributed by atoms with Gasteiger partial charge in [0.15, 0.2) is 12.6 Å². The number of hydrogen-bond donors (Lipinski definition) is 1. The number of fused-ring (bicyclic) bond motifs is 1. The summed E-state index contributed by atoms with van der Waals surface area (Å²) in [6.45, 7) is 0.177. The van der Waals surface area contributed by atoms with Crippen molar-refractivity contribution in [3.8, 4) is 11.5 Å². The molecule has 1 aliphatic rings. The third-order valence-corrected chi connectivity index (χ3v) is 3.98. The lowest BCUT2D eigenvalue weighted by Gasteiger charge is -2.13. The molecule has 1 N–H and O–H groups in total. The summed E-state index contributed by atoms with van der Waals surface area (Å²) >= 11 is 0. The zero-order valence-electron chi connectivity index (χ0n) is 12.4. The lowest BCUT2D eigenvalue weighted by atomic mass is 9.95. The fourth-order valence-electron chi connectivity index (χ4n) is 2.97. The average Bonchev–Trinajstić information content (AvgIpc) is 2.84. The molecule has 0 radical (unpaired) electrons. The van der Waals surface area contributed by atoms with E-state index in [1.807, 2.05) is 30.3 Å². The highest BCUT2D eigenvalue weighted by atomic mass is 16.7. The molecule has 22 heavy (non-hydrogen) atoms. The Balaban J connectivity index is 1.81. The van der Waals surface area contributed by atoms with E-state index in [-0.39, 0.29) is 24.2 Å². The number of aromatic hydroxyl groups is 1. The van der Waals surface area contributed by atoms with Gasteiger partial charge in [-0.2, -0.15) is 0 Å². The fourth-order valence-corrected chi connectivity index (χ4v) is 2.97. The first-order valence-electron chi connectivity index (χ1n) is 7.25. The molecule has 1 atom stereocenters. The van der Waals surface area contributed by atoms with Crippen LogP contribution in [0, 0.1) is 5.92 Å². The largest absolute Gasteiger partial charge is 0.507 e. The van der Waals surface area contributed by atoms with Crippen LogP contribution < -0.4 is 4.74 Å². The predicted molar refractivity (Wildman–Crippen MR) is 82.3 cm³/mol. The van der Waals surface area contributed by atoms with E-state index < -0.39 is 0 Å². The first kappa shape index (κ1) is 14.6. The van der Waals surface area contributed by atoms with E-state index in [1.165, 1.54) is 0 Å². The maximum atomic E-state index is 12.5. The number of para-hydroxylation sites is 1. The molecule has 0 saturated carbocycles. The van der Waals surface area contributed by atoms with Gasteiger partial charge in [0, 0.05) is 13.0 Å². The molecule has 0 aliphatic heterocycles. The number of benzene rings is 2. The van der Waals surface area contributed by atoms with Crippen LogP contribution in [0.2, 0.25) is 0 Å². The molecule has 2 aromatic rings. The summed E-state index contributed by atoms with van der Waals surface area (Å²) in [7, 11) is 1.57. The van der Waals surface area contributed by atoms with Gasteiger partial charge in [0.05, 0.1) is 5.56 Å². The summed E-state index contributed by atoms with van der Waals surface area (Å²) in [5.74, 6) is 0.663. The minimum atomic E-state index is -0.157. The molecule has 114 valence electrons. The zero-order valence-corrected chi connectivity index (χ0v) is 12.4. The molecule has 1 unspecified atom stereocenters. The Hall–Kier alpha value is -2.33. The molecule has 0 amide bonds. The Kier molecular flexibility index (Phi) is 4.11. The minimum absolute atomic E-state index is 0.00893. The van der Waals surface area contributed by atoms with Crippen LogP contribution in [-0.4, -0.2) is 24.8 Å². The quantitative estimate of drug-likeness (QED) is 0.862. The third kappa shape index (κ3) is 2.70. The standard InChI is InChI=1S/C18H18O4/c1-21-11-22-16-8-3-2-5-12(16)9-14-10-13-6-4-7-15(19)17(13)18(14)20/h2-8,14,19H,9-11H2,1H3. The lowest BCUT2D eigenvalue weighted by molar-refractivity contribution is 0.0503. The van der Waals surface area contributed by atoms with Crippen molar-refractivity contribution in [3.05, 3.63) is 59.2 Å². The Morgan fingerprint density at radius 3 is 2.77 bits per heavy atom. The second-order valence-corrected chi connectivity index (χ2v) is 5.44. The number of phenolic OH excluding ortho intramolecular Hbond substituents is 1. The summed E-state index contributed by atoms with van der Waals surface area (Å²) in [5.41, 5.74) is 2.37. The lowest BCUT2D eigenvalue weighted by Crippen LogP contribution is -2.13. The third-order valence-electron chi connectivity index (χ3n) is 3.98. The highest BCUT2D eigenvalue weighted by Crippen LogP contribution is 2.35. The molecular weight excluding hydrogens is 280 g/mol. The Morgan fingerprint density at radius 1 is 1.18 bits per heavy atom. The van der Waals surface area contributed by atoms with Gasteiger partial charge in [-0.1, -0.05) is 30.3 Å². The van der Waals surface area contributed by atoms with E-state index >= 15 is 0 Å². The molecule has 4 heteroatoms. The van der Waals surface area contributed by atoms with Crippen molar-refractivity contribution in [2.75, 3.05) is 13.9 Å². The monoisotopic (exact) mass is 298 g/mol. The van der Waals surface area contributed by atoms with Crippen molar-refractivity contribution < 1.29 is 19.4 Å². The van der Waals surface area contributed by atoms with Crippen LogP contribution in [0.15, 0.2) is 42.5 Å². The summed E-state index contributed by atoms with van der Waals surface area (Å²) in [4.78, 5) is 12.5. The fraction of sp³-hybridized carbons (Fsp3) is 0.278. The SMILES string of the molecule is COCOc1ccccc1CC1Cc2cccc(O)c2C1=O. The number of ether oxygens (including phenoxy) is 2. The maximum Gasteiger partial charge on any atom is 0.188 e. The number of rotatable bonds is 5. The smallest absolute Gasteiger partial charge is 0.188 e. The average molecular weight is 298 g/mol. The van der Waals surface area contributed by atoms with Crippen LogP contribution in [0.1, 0.15) is 21.5 Å². The number of carbonyl (C=O) groups excluding carboxylic acids is 1. The van der Waals surface area contributed by atoms with Crippen LogP contribution in [0.3, 0.4) is 0 Å². The van der Waals surface area contributed by atoms with Crippen molar-refractivity contribution in [2.45, 2.75) is 12.8 Å². The van der Waals surface area contributed by atoms with Crippen LogP contribution in [0.25, 0.3) is 0 Å². The Bertz CT molecular complexity index is 693. The molecule has 0 bridgehead atoms. The molecule has 1 aliphatic carbocycles. The Labute approximate surface area is 129 Å². The number of phenols is 1. The van der Waals surface area contributed by atoms with Crippen molar-refractivity contribution in [1.82, 2.24) is 0 Å². The van der Waals surface area contributed by atoms with Gasteiger partial charge in [-0.25, -0.2) is 0 Å². The van der Waals surface area contributed by atoms with E-state index in [0.717, 1.165) is 16.9 Å². The summed E-state index contributed by atoms with van der Waals surface area (Å²) in [5, 5.41) is 9.89. The molecule has 0 fully saturated rings. The molecule has 0 saturated heterocycles. The van der Waals surface area contributed by atoms with Crippen LogP contribution in [-0.2, 0) is 17.6 Å². The van der Waals surface area contributed by atoms with Crippen molar-refractivity contribution in [1.29, 1.82) is 0 Å². The maximum absolute atomic E-state index is 12.5. The highest BCUT2D eigenvalue weighted by molar-refractivity contribution is 6.04. The van der Waals surface area contributed by atoms with Crippen LogP contribution in [0.5, 0.6) is 11.5 Å². The normalized spacial score (nSPS) is 16.6. The van der Waals surface area contributed by atoms with Gasteiger partial charge in [-0.15, -0.1) is 0 Å². The second kappa shape index (κ2) is 6.20. The van der Waals surface area contributed by atoms with Gasteiger partial charge >= 0.3 is 0 Å². The van der Waals surface area contributed by atoms with Crippen LogP contribution >= 0.6 is 0 Å². The summed E-state index contributed by atoms with van der Waals surface area (Å²) < 4.78 is 10.5. The van der Waals surface area contributed by atoms with Gasteiger partial charge in [0.1, 0.15) is 11.5 Å². The van der Waals surface area contributed by atoms with Gasteiger partial charge in [-0.05, 0) is 36.1 Å². The van der Waals surface area contributed by atoms with E-state index in [2.05, 4.69) is 0 Å². The summed E-state index contributed by atoms with van der Waals surface area (Å²) in [6, 6.07) is 12.9. The Morgan fingerprint density at radius 2 is 2.00 bits per heavy atom. The van der Waals surface area contributed by atoms with E-state index in [1.54, 1.807) is 19.2 Å². The number of hydrogen-bond acceptors (Lipinski definition) is 4. The van der Waals surface area contributed by atoms with E-state index in [0.29, 0.717) is 18.4 Å². The molecule has 3 rings (SSSR count).